The Morgan fingerprint density at radius 2 is 2.11 bits per heavy atom. The predicted molar refractivity (Wildman–Crippen MR) is 72.5 cm³/mol. The molecule has 1 aliphatic carbocycles. The topological polar surface area (TPSA) is 39.1 Å². The number of para-hydroxylation sites is 1. The molecule has 1 saturated heterocycles. The second-order valence-electron chi connectivity index (χ2n) is 5.31. The van der Waals surface area contributed by atoms with E-state index in [1.165, 1.54) is 25.7 Å². The average Bonchev–Trinajstić information content (AvgIpc) is 3.13. The van der Waals surface area contributed by atoms with Crippen molar-refractivity contribution in [2.24, 2.45) is 0 Å². The van der Waals surface area contributed by atoms with E-state index in [4.69, 9.17) is 0 Å². The third-order valence-electron chi connectivity index (χ3n) is 3.90. The molecule has 2 fully saturated rings. The van der Waals surface area contributed by atoms with E-state index in [2.05, 4.69) is 22.4 Å². The molecule has 1 atom stereocenters. The van der Waals surface area contributed by atoms with Crippen molar-refractivity contribution in [3.63, 3.8) is 0 Å². The summed E-state index contributed by atoms with van der Waals surface area (Å²) in [4.78, 5) is 2.45. The lowest BCUT2D eigenvalue weighted by atomic mass is 10.1. The van der Waals surface area contributed by atoms with Gasteiger partial charge in [-0.2, -0.15) is 5.26 Å². The molecule has 1 unspecified atom stereocenters. The van der Waals surface area contributed by atoms with Gasteiger partial charge < -0.3 is 10.2 Å². The van der Waals surface area contributed by atoms with Crippen LogP contribution in [0.1, 0.15) is 31.2 Å². The maximum absolute atomic E-state index is 9.24. The van der Waals surface area contributed by atoms with Crippen LogP contribution in [-0.4, -0.2) is 25.2 Å². The second kappa shape index (κ2) is 4.99. The van der Waals surface area contributed by atoms with E-state index in [1.54, 1.807) is 0 Å². The number of anilines is 1. The average molecular weight is 241 g/mol. The zero-order chi connectivity index (χ0) is 12.4. The first-order valence-corrected chi connectivity index (χ1v) is 6.87. The molecular weight excluding hydrogens is 222 g/mol. The molecule has 1 aliphatic heterocycles. The molecular formula is C15H19N3. The second-order valence-corrected chi connectivity index (χ2v) is 5.31. The fourth-order valence-electron chi connectivity index (χ4n) is 2.80. The van der Waals surface area contributed by atoms with Gasteiger partial charge in [-0.15, -0.1) is 0 Å². The molecule has 94 valence electrons. The van der Waals surface area contributed by atoms with Crippen molar-refractivity contribution in [1.82, 2.24) is 5.32 Å². The van der Waals surface area contributed by atoms with Gasteiger partial charge in [-0.3, -0.25) is 0 Å². The van der Waals surface area contributed by atoms with Gasteiger partial charge in [0, 0.05) is 18.6 Å². The van der Waals surface area contributed by atoms with E-state index >= 15 is 0 Å². The number of hydrogen-bond acceptors (Lipinski definition) is 3. The maximum Gasteiger partial charge on any atom is 0.101 e. The van der Waals surface area contributed by atoms with Crippen molar-refractivity contribution >= 4 is 5.69 Å². The van der Waals surface area contributed by atoms with Crippen LogP contribution in [0, 0.1) is 11.3 Å². The van der Waals surface area contributed by atoms with E-state index in [0.717, 1.165) is 24.3 Å². The quantitative estimate of drug-likeness (QED) is 0.879. The van der Waals surface area contributed by atoms with Crippen LogP contribution in [0.3, 0.4) is 0 Å². The van der Waals surface area contributed by atoms with Gasteiger partial charge in [-0.1, -0.05) is 12.1 Å². The van der Waals surface area contributed by atoms with Crippen molar-refractivity contribution in [3.05, 3.63) is 29.8 Å². The molecule has 0 radical (unpaired) electrons. The zero-order valence-corrected chi connectivity index (χ0v) is 10.6. The minimum absolute atomic E-state index is 0.595. The minimum atomic E-state index is 0.595. The summed E-state index contributed by atoms with van der Waals surface area (Å²) >= 11 is 0. The van der Waals surface area contributed by atoms with Crippen LogP contribution < -0.4 is 10.2 Å². The number of hydrogen-bond donors (Lipinski definition) is 1. The number of nitrogens with zero attached hydrogens (tertiary/aromatic N) is 2. The van der Waals surface area contributed by atoms with Gasteiger partial charge in [0.15, 0.2) is 0 Å². The largest absolute Gasteiger partial charge is 0.366 e. The fraction of sp³-hybridized carbons (Fsp3) is 0.533. The SMILES string of the molecule is N#Cc1ccccc1N(CC1CCCN1)C1CC1. The maximum atomic E-state index is 9.24. The smallest absolute Gasteiger partial charge is 0.101 e. The molecule has 0 aromatic heterocycles. The highest BCUT2D eigenvalue weighted by molar-refractivity contribution is 5.60. The molecule has 18 heavy (non-hydrogen) atoms. The summed E-state index contributed by atoms with van der Waals surface area (Å²) in [5.41, 5.74) is 1.93. The van der Waals surface area contributed by atoms with Crippen LogP contribution >= 0.6 is 0 Å². The molecule has 0 amide bonds. The van der Waals surface area contributed by atoms with E-state index in [0.29, 0.717) is 12.1 Å². The Morgan fingerprint density at radius 3 is 2.78 bits per heavy atom. The molecule has 1 aromatic rings. The summed E-state index contributed by atoms with van der Waals surface area (Å²) in [6.07, 6.45) is 5.08. The van der Waals surface area contributed by atoms with E-state index in [1.807, 2.05) is 18.2 Å². The van der Waals surface area contributed by atoms with Gasteiger partial charge in [0.05, 0.1) is 11.3 Å². The first kappa shape index (κ1) is 11.6. The normalized spacial score (nSPS) is 22.7. The number of rotatable bonds is 4. The molecule has 3 heteroatoms. The summed E-state index contributed by atoms with van der Waals surface area (Å²) in [7, 11) is 0. The lowest BCUT2D eigenvalue weighted by molar-refractivity contribution is 0.578. The van der Waals surface area contributed by atoms with Gasteiger partial charge in [-0.05, 0) is 44.4 Å². The van der Waals surface area contributed by atoms with Crippen LogP contribution in [0.2, 0.25) is 0 Å². The summed E-state index contributed by atoms with van der Waals surface area (Å²) in [5.74, 6) is 0. The molecule has 3 nitrogen and oxygen atoms in total. The summed E-state index contributed by atoms with van der Waals surface area (Å²) in [6.45, 7) is 2.19. The molecule has 0 spiro atoms. The zero-order valence-electron chi connectivity index (χ0n) is 10.6. The van der Waals surface area contributed by atoms with Crippen LogP contribution in [0.25, 0.3) is 0 Å². The molecule has 1 aromatic carbocycles. The van der Waals surface area contributed by atoms with E-state index in [9.17, 15) is 5.26 Å². The molecule has 2 aliphatic rings. The Bertz CT molecular complexity index is 453. The number of nitrogens with one attached hydrogen (secondary N) is 1. The van der Waals surface area contributed by atoms with Crippen molar-refractivity contribution in [2.45, 2.75) is 37.8 Å². The first-order valence-electron chi connectivity index (χ1n) is 6.87. The summed E-state index contributed by atoms with van der Waals surface area (Å²) in [5, 5.41) is 12.8. The monoisotopic (exact) mass is 241 g/mol. The van der Waals surface area contributed by atoms with Crippen molar-refractivity contribution in [1.29, 1.82) is 5.26 Å². The fourth-order valence-corrected chi connectivity index (χ4v) is 2.80. The Kier molecular flexibility index (Phi) is 3.21. The Hall–Kier alpha value is -1.53. The van der Waals surface area contributed by atoms with Crippen LogP contribution in [0.4, 0.5) is 5.69 Å². The molecule has 1 N–H and O–H groups in total. The Balaban J connectivity index is 1.82. The van der Waals surface area contributed by atoms with E-state index in [-0.39, 0.29) is 0 Å². The van der Waals surface area contributed by atoms with Crippen LogP contribution in [-0.2, 0) is 0 Å². The van der Waals surface area contributed by atoms with Crippen molar-refractivity contribution < 1.29 is 0 Å². The highest BCUT2D eigenvalue weighted by Crippen LogP contribution is 2.34. The Morgan fingerprint density at radius 1 is 1.28 bits per heavy atom. The van der Waals surface area contributed by atoms with Gasteiger partial charge in [-0.25, -0.2) is 0 Å². The third-order valence-corrected chi connectivity index (χ3v) is 3.90. The molecule has 1 heterocycles. The lowest BCUT2D eigenvalue weighted by Gasteiger charge is -2.28. The minimum Gasteiger partial charge on any atom is -0.366 e. The van der Waals surface area contributed by atoms with Gasteiger partial charge in [0.25, 0.3) is 0 Å². The highest BCUT2D eigenvalue weighted by Gasteiger charge is 2.32. The van der Waals surface area contributed by atoms with Gasteiger partial charge >= 0.3 is 0 Å². The number of benzene rings is 1. The standard InChI is InChI=1S/C15H19N3/c16-10-12-4-1-2-6-15(12)18(14-7-8-14)11-13-5-3-9-17-13/h1-2,4,6,13-14,17H,3,5,7-9,11H2. The molecule has 1 saturated carbocycles. The summed E-state index contributed by atoms with van der Waals surface area (Å²) in [6, 6.07) is 11.6. The van der Waals surface area contributed by atoms with Gasteiger partial charge in [0.2, 0.25) is 0 Å². The lowest BCUT2D eigenvalue weighted by Crippen LogP contribution is -2.39. The summed E-state index contributed by atoms with van der Waals surface area (Å²) < 4.78 is 0. The van der Waals surface area contributed by atoms with E-state index < -0.39 is 0 Å². The van der Waals surface area contributed by atoms with Gasteiger partial charge in [0.1, 0.15) is 6.07 Å². The van der Waals surface area contributed by atoms with Crippen LogP contribution in [0.15, 0.2) is 24.3 Å². The van der Waals surface area contributed by atoms with Crippen LogP contribution in [0.5, 0.6) is 0 Å². The highest BCUT2D eigenvalue weighted by atomic mass is 15.2. The molecule has 3 rings (SSSR count). The van der Waals surface area contributed by atoms with Crippen molar-refractivity contribution in [3.8, 4) is 6.07 Å². The molecule has 0 bridgehead atoms. The Labute approximate surface area is 108 Å². The van der Waals surface area contributed by atoms with Crippen molar-refractivity contribution in [2.75, 3.05) is 18.0 Å². The number of nitriles is 1. The predicted octanol–water partition coefficient (Wildman–Crippen LogP) is 2.28. The first-order chi connectivity index (χ1) is 8.88. The third kappa shape index (κ3) is 2.34.